The van der Waals surface area contributed by atoms with Gasteiger partial charge in [0.05, 0.1) is 36.0 Å². The molecule has 320 valence electrons. The Morgan fingerprint density at radius 1 is 0.932 bits per heavy atom. The van der Waals surface area contributed by atoms with Crippen LogP contribution in [0.3, 0.4) is 0 Å². The van der Waals surface area contributed by atoms with E-state index in [1.54, 1.807) is 6.26 Å². The molecule has 11 nitrogen and oxygen atoms in total. The summed E-state index contributed by atoms with van der Waals surface area (Å²) in [5.74, 6) is 0.961. The van der Waals surface area contributed by atoms with E-state index in [9.17, 15) is 14.7 Å². The number of allylic oxidation sites excluding steroid dienone is 1. The first-order chi connectivity index (χ1) is 28.4. The van der Waals surface area contributed by atoms with E-state index >= 15 is 4.79 Å². The molecule has 5 saturated heterocycles. The molecule has 5 saturated carbocycles. The first-order valence-corrected chi connectivity index (χ1v) is 23.6. The quantitative estimate of drug-likeness (QED) is 0.247. The highest BCUT2D eigenvalue weighted by atomic mass is 16.7. The van der Waals surface area contributed by atoms with E-state index in [-0.39, 0.29) is 30.2 Å². The van der Waals surface area contributed by atoms with Crippen LogP contribution in [-0.4, -0.2) is 83.1 Å². The van der Waals surface area contributed by atoms with Crippen molar-refractivity contribution in [2.75, 3.05) is 19.8 Å². The van der Waals surface area contributed by atoms with Crippen LogP contribution in [0.5, 0.6) is 0 Å². The number of cyclic esters (lactones) is 2. The number of nitrogens with zero attached hydrogens (tertiary/aromatic N) is 1. The van der Waals surface area contributed by atoms with Crippen LogP contribution in [0.15, 0.2) is 29.0 Å². The number of aliphatic hydroxyl groups excluding tert-OH is 1. The summed E-state index contributed by atoms with van der Waals surface area (Å²) in [5.41, 5.74) is -4.68. The van der Waals surface area contributed by atoms with Gasteiger partial charge < -0.3 is 33.4 Å². The van der Waals surface area contributed by atoms with Gasteiger partial charge in [-0.3, -0.25) is 14.9 Å². The molecule has 0 amide bonds. The average molecular weight is 813 g/mol. The highest BCUT2D eigenvalue weighted by Crippen LogP contribution is 2.83. The number of esters is 2. The van der Waals surface area contributed by atoms with E-state index < -0.39 is 69.2 Å². The zero-order chi connectivity index (χ0) is 40.3. The van der Waals surface area contributed by atoms with Gasteiger partial charge in [-0.05, 0) is 113 Å². The maximum absolute atomic E-state index is 15.6. The van der Waals surface area contributed by atoms with Crippen LogP contribution in [0, 0.1) is 57.2 Å². The Hall–Kier alpha value is -2.73. The number of aryl methyl sites for hydroxylation is 1. The largest absolute Gasteiger partial charge is 0.469 e. The fraction of sp³-hybridized carbons (Fsp3) is 0.812. The second-order valence-electron chi connectivity index (χ2n) is 22.1. The number of rotatable bonds is 5. The molecule has 1 aromatic heterocycles. The maximum atomic E-state index is 15.6. The molecule has 0 radical (unpaired) electrons. The highest BCUT2D eigenvalue weighted by molar-refractivity contribution is 5.92. The Labute approximate surface area is 348 Å². The molecule has 11 heteroatoms. The zero-order valence-corrected chi connectivity index (χ0v) is 35.3. The minimum atomic E-state index is -1.36. The predicted molar refractivity (Wildman–Crippen MR) is 213 cm³/mol. The first kappa shape index (κ1) is 38.0. The average Bonchev–Trinajstić information content (AvgIpc) is 3.68. The number of carbonyl (C=O) groups excluding carboxylic acids is 3. The van der Waals surface area contributed by atoms with E-state index in [4.69, 9.17) is 23.4 Å². The van der Waals surface area contributed by atoms with Gasteiger partial charge in [0, 0.05) is 40.8 Å². The van der Waals surface area contributed by atoms with Crippen molar-refractivity contribution in [2.24, 2.45) is 57.2 Å². The molecule has 14 atom stereocenters. The van der Waals surface area contributed by atoms with Gasteiger partial charge in [0.2, 0.25) is 0 Å². The van der Waals surface area contributed by atoms with Crippen molar-refractivity contribution >= 4 is 17.7 Å². The van der Waals surface area contributed by atoms with E-state index in [1.165, 1.54) is 19.3 Å². The molecular formula is C48H64N2O9. The number of ketones is 1. The summed E-state index contributed by atoms with van der Waals surface area (Å²) in [5, 5.41) is 16.8. The van der Waals surface area contributed by atoms with Gasteiger partial charge in [-0.2, -0.15) is 0 Å². The maximum Gasteiger partial charge on any atom is 0.339 e. The van der Waals surface area contributed by atoms with Crippen LogP contribution in [-0.2, 0) is 39.8 Å². The third-order valence-electron chi connectivity index (χ3n) is 19.6. The van der Waals surface area contributed by atoms with Crippen LogP contribution < -0.4 is 5.32 Å². The van der Waals surface area contributed by atoms with Gasteiger partial charge in [-0.15, -0.1) is 0 Å². The number of hydrogen-bond acceptors (Lipinski definition) is 11. The summed E-state index contributed by atoms with van der Waals surface area (Å²) >= 11 is 0. The molecule has 59 heavy (non-hydrogen) atoms. The Morgan fingerprint density at radius 2 is 1.75 bits per heavy atom. The number of hydrogen-bond donors (Lipinski definition) is 2. The number of Topliss-reactive ketones (excluding diaryl/α,β-unsaturated/α-hetero) is 1. The topological polar surface area (TPSA) is 140 Å². The van der Waals surface area contributed by atoms with E-state index in [0.717, 1.165) is 82.3 Å². The second-order valence-corrected chi connectivity index (χ2v) is 22.1. The normalized spacial score (nSPS) is 48.9. The number of furan rings is 1. The SMILES string of the molecule is CC1(C)OC2C3(CCCC3)C(=O)OCC23C1C(=O)C(O)C1(C2CCCCC2)C3CCC2(C)C(c3ccoc3CCC3CCC4C(C=CN5CNCC45)C3)OC(=O)C3OC321. The van der Waals surface area contributed by atoms with Crippen molar-refractivity contribution in [1.29, 1.82) is 0 Å². The van der Waals surface area contributed by atoms with Crippen molar-refractivity contribution in [2.45, 2.75) is 165 Å². The van der Waals surface area contributed by atoms with E-state index in [0.29, 0.717) is 49.5 Å². The van der Waals surface area contributed by atoms with Crippen LogP contribution in [0.25, 0.3) is 0 Å². The lowest BCUT2D eigenvalue weighted by atomic mass is 9.32. The third-order valence-corrected chi connectivity index (χ3v) is 19.6. The molecule has 5 aliphatic carbocycles. The fourth-order valence-electron chi connectivity index (χ4n) is 17.5. The lowest BCUT2D eigenvalue weighted by Gasteiger charge is -2.70. The van der Waals surface area contributed by atoms with Crippen LogP contribution in [0.4, 0.5) is 0 Å². The number of aliphatic hydroxyl groups is 1. The first-order valence-electron chi connectivity index (χ1n) is 23.6. The smallest absolute Gasteiger partial charge is 0.339 e. The molecule has 0 bridgehead atoms. The lowest BCUT2D eigenvalue weighted by Crippen LogP contribution is -2.79. The van der Waals surface area contributed by atoms with E-state index in [1.807, 2.05) is 19.9 Å². The molecule has 12 rings (SSSR count). The molecular weight excluding hydrogens is 749 g/mol. The predicted octanol–water partition coefficient (Wildman–Crippen LogP) is 6.56. The summed E-state index contributed by atoms with van der Waals surface area (Å²) in [6.45, 7) is 8.30. The second kappa shape index (κ2) is 12.7. The minimum absolute atomic E-state index is 0.0619. The van der Waals surface area contributed by atoms with Crippen LogP contribution in [0.1, 0.15) is 135 Å². The number of carbonyl (C=O) groups is 3. The molecule has 0 aromatic carbocycles. The number of epoxide rings is 1. The Morgan fingerprint density at radius 3 is 2.56 bits per heavy atom. The van der Waals surface area contributed by atoms with Crippen molar-refractivity contribution in [3.63, 3.8) is 0 Å². The van der Waals surface area contributed by atoms with Crippen molar-refractivity contribution < 1.29 is 42.9 Å². The summed E-state index contributed by atoms with van der Waals surface area (Å²) < 4.78 is 33.5. The van der Waals surface area contributed by atoms with Gasteiger partial charge in [-0.1, -0.05) is 51.5 Å². The van der Waals surface area contributed by atoms with Crippen molar-refractivity contribution in [1.82, 2.24) is 10.2 Å². The summed E-state index contributed by atoms with van der Waals surface area (Å²) in [4.78, 5) is 46.6. The standard InChI is InChI=1S/C48H64N2O9/c1-43(2)36-35(51)37(52)47(29-9-5-4-6-10-29)34(46(36)25-56-42(54)45(41(46)59-43)18-7-8-19-45)15-20-44(3)38(57-40(53)39-48(44,47)58-39)31-17-22-55-33(31)14-12-27-11-13-30-28(23-27)16-21-50-26-49-24-32(30)50/h16-17,21-22,27-30,32,34,36-39,41,49,52H,4-15,18-20,23-26H2,1-3H3. The summed E-state index contributed by atoms with van der Waals surface area (Å²) in [7, 11) is 0. The zero-order valence-electron chi connectivity index (χ0n) is 35.3. The van der Waals surface area contributed by atoms with Crippen LogP contribution in [0.2, 0.25) is 0 Å². The van der Waals surface area contributed by atoms with Gasteiger partial charge in [0.25, 0.3) is 0 Å². The molecule has 2 N–H and O–H groups in total. The fourth-order valence-corrected chi connectivity index (χ4v) is 17.5. The molecule has 11 aliphatic rings. The van der Waals surface area contributed by atoms with Gasteiger partial charge in [0.15, 0.2) is 11.9 Å². The highest BCUT2D eigenvalue weighted by Gasteiger charge is 2.93. The minimum Gasteiger partial charge on any atom is -0.469 e. The molecule has 14 unspecified atom stereocenters. The van der Waals surface area contributed by atoms with E-state index in [2.05, 4.69) is 29.4 Å². The van der Waals surface area contributed by atoms with Crippen LogP contribution >= 0.6 is 0 Å². The van der Waals surface area contributed by atoms with Gasteiger partial charge in [0.1, 0.15) is 30.2 Å². The molecule has 6 aliphatic heterocycles. The Bertz CT molecular complexity index is 1960. The number of fused-ring (bicyclic) bond motifs is 5. The lowest BCUT2D eigenvalue weighted by molar-refractivity contribution is -0.284. The third kappa shape index (κ3) is 4.57. The Kier molecular flexibility index (Phi) is 8.17. The summed E-state index contributed by atoms with van der Waals surface area (Å²) in [6.07, 6.45) is 17.8. The Balaban J connectivity index is 0.930. The molecule has 10 fully saturated rings. The number of ether oxygens (including phenoxy) is 4. The van der Waals surface area contributed by atoms with Crippen molar-refractivity contribution in [3.8, 4) is 0 Å². The van der Waals surface area contributed by atoms with Crippen molar-refractivity contribution in [3.05, 3.63) is 35.9 Å². The summed E-state index contributed by atoms with van der Waals surface area (Å²) in [6, 6.07) is 2.61. The number of nitrogens with one attached hydrogen (secondary N) is 1. The molecule has 3 spiro atoms. The monoisotopic (exact) mass is 812 g/mol. The van der Waals surface area contributed by atoms with Gasteiger partial charge in [-0.25, -0.2) is 4.79 Å². The molecule has 1 aromatic rings. The molecule has 7 heterocycles. The van der Waals surface area contributed by atoms with Gasteiger partial charge >= 0.3 is 11.9 Å².